The smallest absolute Gasteiger partial charge is 0.419 e. The van der Waals surface area contributed by atoms with Crippen molar-refractivity contribution >= 4 is 40.0 Å². The standard InChI is InChI=1S/C21H15F4N3O2S2/c1-11-18(32-20(27-11)12-2-4-15(16(22)7-12)21(23,24)25)10-31-14-3-5-17-13(6-14)8-26-28(17)9-19(29)30/h2-8H,9-10H2,1H3,(H,29,30). The first-order chi connectivity index (χ1) is 15.1. The van der Waals surface area contributed by atoms with E-state index in [0.29, 0.717) is 16.3 Å². The van der Waals surface area contributed by atoms with E-state index in [4.69, 9.17) is 5.11 Å². The molecule has 0 unspecified atom stereocenters. The van der Waals surface area contributed by atoms with Crippen LogP contribution in [-0.2, 0) is 23.3 Å². The third kappa shape index (κ3) is 4.63. The molecule has 0 radical (unpaired) electrons. The molecule has 166 valence electrons. The van der Waals surface area contributed by atoms with Crippen molar-refractivity contribution in [2.75, 3.05) is 0 Å². The van der Waals surface area contributed by atoms with Gasteiger partial charge < -0.3 is 5.11 Å². The van der Waals surface area contributed by atoms with Gasteiger partial charge in [0, 0.05) is 26.5 Å². The van der Waals surface area contributed by atoms with Crippen LogP contribution in [0.15, 0.2) is 47.5 Å². The Morgan fingerprint density at radius 3 is 2.69 bits per heavy atom. The highest BCUT2D eigenvalue weighted by Crippen LogP contribution is 2.36. The zero-order chi connectivity index (χ0) is 23.0. The van der Waals surface area contributed by atoms with Crippen LogP contribution in [0.1, 0.15) is 16.1 Å². The molecular weight excluding hydrogens is 466 g/mol. The summed E-state index contributed by atoms with van der Waals surface area (Å²) in [4.78, 5) is 17.2. The summed E-state index contributed by atoms with van der Waals surface area (Å²) in [5.74, 6) is -1.73. The molecule has 11 heteroatoms. The molecule has 0 saturated heterocycles. The molecule has 0 fully saturated rings. The number of aryl methyl sites for hydroxylation is 1. The second-order valence-electron chi connectivity index (χ2n) is 6.93. The van der Waals surface area contributed by atoms with Crippen LogP contribution in [0.3, 0.4) is 0 Å². The first-order valence-corrected chi connectivity index (χ1v) is 11.1. The minimum atomic E-state index is -4.74. The highest BCUT2D eigenvalue weighted by molar-refractivity contribution is 7.98. The van der Waals surface area contributed by atoms with Gasteiger partial charge in [-0.1, -0.05) is 6.07 Å². The number of benzene rings is 2. The lowest BCUT2D eigenvalue weighted by Crippen LogP contribution is -2.09. The maximum atomic E-state index is 13.9. The van der Waals surface area contributed by atoms with E-state index >= 15 is 0 Å². The predicted octanol–water partition coefficient (Wildman–Crippen LogP) is 6.00. The SMILES string of the molecule is Cc1nc(-c2ccc(C(F)(F)F)c(F)c2)sc1CSc1ccc2c(cnn2CC(=O)O)c1. The molecule has 4 rings (SSSR count). The summed E-state index contributed by atoms with van der Waals surface area (Å²) >= 11 is 2.84. The largest absolute Gasteiger partial charge is 0.480 e. The molecule has 0 amide bonds. The summed E-state index contributed by atoms with van der Waals surface area (Å²) in [7, 11) is 0. The Morgan fingerprint density at radius 1 is 1.22 bits per heavy atom. The lowest BCUT2D eigenvalue weighted by Gasteiger charge is -2.08. The Morgan fingerprint density at radius 2 is 2.00 bits per heavy atom. The van der Waals surface area contributed by atoms with Gasteiger partial charge in [-0.25, -0.2) is 9.37 Å². The van der Waals surface area contributed by atoms with Crippen molar-refractivity contribution < 1.29 is 27.5 Å². The van der Waals surface area contributed by atoms with Crippen molar-refractivity contribution in [2.24, 2.45) is 0 Å². The van der Waals surface area contributed by atoms with Crippen molar-refractivity contribution in [1.82, 2.24) is 14.8 Å². The van der Waals surface area contributed by atoms with Gasteiger partial charge in [0.15, 0.2) is 0 Å². The van der Waals surface area contributed by atoms with Crippen LogP contribution in [0, 0.1) is 12.7 Å². The summed E-state index contributed by atoms with van der Waals surface area (Å²) in [6.07, 6.45) is -3.13. The second kappa shape index (κ2) is 8.55. The number of aromatic nitrogens is 3. The number of halogens is 4. The molecule has 0 saturated carbocycles. The van der Waals surface area contributed by atoms with Crippen LogP contribution in [0.2, 0.25) is 0 Å². The van der Waals surface area contributed by atoms with Crippen molar-refractivity contribution in [3.05, 3.63) is 64.5 Å². The number of alkyl halides is 3. The molecule has 32 heavy (non-hydrogen) atoms. The Bertz CT molecular complexity index is 1310. The van der Waals surface area contributed by atoms with Gasteiger partial charge in [-0.15, -0.1) is 23.1 Å². The van der Waals surface area contributed by atoms with Gasteiger partial charge in [0.25, 0.3) is 0 Å². The van der Waals surface area contributed by atoms with E-state index in [9.17, 15) is 22.4 Å². The molecule has 0 aliphatic heterocycles. The number of rotatable bonds is 6. The van der Waals surface area contributed by atoms with E-state index in [2.05, 4.69) is 10.1 Å². The summed E-state index contributed by atoms with van der Waals surface area (Å²) in [6, 6.07) is 8.41. The Hall–Kier alpha value is -2.92. The third-order valence-corrected chi connectivity index (χ3v) is 7.09. The van der Waals surface area contributed by atoms with Crippen LogP contribution in [0.4, 0.5) is 17.6 Å². The summed E-state index contributed by atoms with van der Waals surface area (Å²) in [6.45, 7) is 1.58. The van der Waals surface area contributed by atoms with E-state index in [1.807, 2.05) is 18.2 Å². The number of aliphatic carboxylic acids is 1. The molecule has 2 aromatic heterocycles. The van der Waals surface area contributed by atoms with Gasteiger partial charge >= 0.3 is 12.1 Å². The third-order valence-electron chi connectivity index (χ3n) is 4.68. The first kappa shape index (κ1) is 22.3. The number of carboxylic acids is 1. The molecule has 4 aromatic rings. The molecule has 0 aliphatic carbocycles. The summed E-state index contributed by atoms with van der Waals surface area (Å²) < 4.78 is 53.7. The van der Waals surface area contributed by atoms with Crippen LogP contribution >= 0.6 is 23.1 Å². The predicted molar refractivity (Wildman–Crippen MR) is 114 cm³/mol. The normalized spacial score (nSPS) is 11.9. The number of hydrogen-bond acceptors (Lipinski definition) is 5. The number of fused-ring (bicyclic) bond motifs is 1. The average molecular weight is 481 g/mol. The van der Waals surface area contributed by atoms with E-state index in [0.717, 1.165) is 38.5 Å². The van der Waals surface area contributed by atoms with Gasteiger partial charge in [-0.2, -0.15) is 18.3 Å². The second-order valence-corrected chi connectivity index (χ2v) is 9.06. The summed E-state index contributed by atoms with van der Waals surface area (Å²) in [5, 5.41) is 14.3. The topological polar surface area (TPSA) is 68.0 Å². The molecule has 1 N–H and O–H groups in total. The Labute approximate surface area is 187 Å². The number of hydrogen-bond donors (Lipinski definition) is 1. The highest BCUT2D eigenvalue weighted by atomic mass is 32.2. The fraction of sp³-hybridized carbons (Fsp3) is 0.190. The van der Waals surface area contributed by atoms with Crippen molar-refractivity contribution in [3.8, 4) is 10.6 Å². The fourth-order valence-corrected chi connectivity index (χ4v) is 5.27. The zero-order valence-corrected chi connectivity index (χ0v) is 18.1. The van der Waals surface area contributed by atoms with Crippen molar-refractivity contribution in [2.45, 2.75) is 30.3 Å². The Balaban J connectivity index is 1.51. The quantitative estimate of drug-likeness (QED) is 0.270. The van der Waals surface area contributed by atoms with Crippen LogP contribution in [0.5, 0.6) is 0 Å². The maximum absolute atomic E-state index is 13.9. The molecule has 5 nitrogen and oxygen atoms in total. The maximum Gasteiger partial charge on any atom is 0.419 e. The minimum absolute atomic E-state index is 0.219. The van der Waals surface area contributed by atoms with Gasteiger partial charge in [0.05, 0.1) is 23.0 Å². The van der Waals surface area contributed by atoms with Crippen LogP contribution in [-0.4, -0.2) is 25.8 Å². The van der Waals surface area contributed by atoms with Gasteiger partial charge in [-0.3, -0.25) is 9.48 Å². The highest BCUT2D eigenvalue weighted by Gasteiger charge is 2.34. The summed E-state index contributed by atoms with van der Waals surface area (Å²) in [5.41, 5.74) is 0.449. The first-order valence-electron chi connectivity index (χ1n) is 9.25. The average Bonchev–Trinajstić information content (AvgIpc) is 3.28. The Kier molecular flexibility index (Phi) is 5.95. The van der Waals surface area contributed by atoms with Crippen LogP contribution in [0.25, 0.3) is 21.5 Å². The molecular formula is C21H15F4N3O2S2. The zero-order valence-electron chi connectivity index (χ0n) is 16.5. The minimum Gasteiger partial charge on any atom is -0.480 e. The van der Waals surface area contributed by atoms with Crippen molar-refractivity contribution in [3.63, 3.8) is 0 Å². The van der Waals surface area contributed by atoms with Crippen molar-refractivity contribution in [1.29, 1.82) is 0 Å². The monoisotopic (exact) mass is 481 g/mol. The number of carbonyl (C=O) groups is 1. The molecule has 0 bridgehead atoms. The van der Waals surface area contributed by atoms with E-state index in [-0.39, 0.29) is 6.54 Å². The van der Waals surface area contributed by atoms with E-state index in [1.54, 1.807) is 13.1 Å². The number of carboxylic acid groups (broad SMARTS) is 1. The molecule has 0 spiro atoms. The molecule has 2 aromatic carbocycles. The van der Waals surface area contributed by atoms with Gasteiger partial charge in [-0.05, 0) is 37.3 Å². The van der Waals surface area contributed by atoms with E-state index < -0.39 is 23.5 Å². The van der Waals surface area contributed by atoms with Gasteiger partial charge in [0.1, 0.15) is 17.4 Å². The van der Waals surface area contributed by atoms with Crippen LogP contribution < -0.4 is 0 Å². The fourth-order valence-electron chi connectivity index (χ4n) is 3.12. The van der Waals surface area contributed by atoms with Gasteiger partial charge in [0.2, 0.25) is 0 Å². The molecule has 0 atom stereocenters. The lowest BCUT2D eigenvalue weighted by atomic mass is 10.1. The van der Waals surface area contributed by atoms with E-state index in [1.165, 1.54) is 33.8 Å². The molecule has 2 heterocycles. The number of thioether (sulfide) groups is 1. The molecule has 0 aliphatic rings. The number of thiazole rings is 1. The number of nitrogens with zero attached hydrogens (tertiary/aromatic N) is 3. The lowest BCUT2D eigenvalue weighted by molar-refractivity contribution is -0.140.